The molecule has 1 amide bonds. The molecule has 1 heterocycles. The first-order chi connectivity index (χ1) is 14.5. The van der Waals surface area contributed by atoms with E-state index in [0.717, 1.165) is 31.2 Å². The van der Waals surface area contributed by atoms with Crippen LogP contribution in [0.15, 0.2) is 58.5 Å². The van der Waals surface area contributed by atoms with Gasteiger partial charge in [0.05, 0.1) is 16.2 Å². The third-order valence-electron chi connectivity index (χ3n) is 5.53. The molecular formula is C23H24ClN3O2S. The van der Waals surface area contributed by atoms with Crippen LogP contribution in [0.3, 0.4) is 0 Å². The van der Waals surface area contributed by atoms with Crippen molar-refractivity contribution in [1.29, 1.82) is 0 Å². The fourth-order valence-electron chi connectivity index (χ4n) is 3.87. The van der Waals surface area contributed by atoms with E-state index in [2.05, 4.69) is 5.32 Å². The number of hydrogen-bond donors (Lipinski definition) is 1. The predicted molar refractivity (Wildman–Crippen MR) is 122 cm³/mol. The van der Waals surface area contributed by atoms with Gasteiger partial charge in [-0.05, 0) is 43.5 Å². The van der Waals surface area contributed by atoms with Crippen molar-refractivity contribution in [3.05, 3.63) is 69.5 Å². The molecule has 0 saturated heterocycles. The Morgan fingerprint density at radius 2 is 1.90 bits per heavy atom. The molecule has 4 rings (SSSR count). The number of thioether (sulfide) groups is 1. The zero-order valence-electron chi connectivity index (χ0n) is 16.8. The maximum atomic E-state index is 13.2. The number of rotatable bonds is 6. The van der Waals surface area contributed by atoms with E-state index in [1.54, 1.807) is 6.07 Å². The Morgan fingerprint density at radius 1 is 1.20 bits per heavy atom. The number of benzene rings is 2. The normalized spacial score (nSPS) is 15.4. The number of nitrogens with zero attached hydrogens (tertiary/aromatic N) is 2. The lowest BCUT2D eigenvalue weighted by Crippen LogP contribution is -2.32. The van der Waals surface area contributed by atoms with E-state index in [0.29, 0.717) is 27.6 Å². The number of carbonyl (C=O) groups is 1. The topological polar surface area (TPSA) is 64.0 Å². The molecule has 0 spiro atoms. The Balaban J connectivity index is 1.57. The highest BCUT2D eigenvalue weighted by molar-refractivity contribution is 8.00. The van der Waals surface area contributed by atoms with Crippen molar-refractivity contribution in [2.24, 2.45) is 0 Å². The van der Waals surface area contributed by atoms with E-state index in [1.165, 1.54) is 11.8 Å². The van der Waals surface area contributed by atoms with Gasteiger partial charge in [0.25, 0.3) is 5.56 Å². The molecule has 1 N–H and O–H groups in total. The molecule has 1 atom stereocenters. The third-order valence-corrected chi connectivity index (χ3v) is 6.96. The van der Waals surface area contributed by atoms with Crippen LogP contribution in [0.2, 0.25) is 5.02 Å². The minimum absolute atomic E-state index is 0.0151. The maximum absolute atomic E-state index is 13.2. The van der Waals surface area contributed by atoms with Gasteiger partial charge in [-0.15, -0.1) is 0 Å². The molecule has 1 unspecified atom stereocenters. The molecule has 1 fully saturated rings. The third kappa shape index (κ3) is 4.40. The minimum Gasteiger partial charge on any atom is -0.351 e. The highest BCUT2D eigenvalue weighted by Gasteiger charge is 2.25. The molecule has 1 aliphatic carbocycles. The first-order valence-corrected chi connectivity index (χ1v) is 11.5. The second-order valence-electron chi connectivity index (χ2n) is 7.59. The number of carbonyl (C=O) groups excluding carboxylic acids is 1. The Bertz CT molecular complexity index is 1120. The van der Waals surface area contributed by atoms with Crippen molar-refractivity contribution < 1.29 is 4.79 Å². The lowest BCUT2D eigenvalue weighted by atomic mass is 10.2. The molecule has 0 aliphatic heterocycles. The lowest BCUT2D eigenvalue weighted by Gasteiger charge is -2.20. The van der Waals surface area contributed by atoms with E-state index in [1.807, 2.05) is 54.0 Å². The number of fused-ring (bicyclic) bond motifs is 1. The molecule has 1 saturated carbocycles. The molecule has 1 aromatic heterocycles. The van der Waals surface area contributed by atoms with Crippen molar-refractivity contribution in [1.82, 2.24) is 14.9 Å². The SMILES string of the molecule is CC(Sc1nc2ccccc2c(=O)n1C1CCCC1)C(=O)NCc1ccccc1Cl. The van der Waals surface area contributed by atoms with Crippen LogP contribution in [0, 0.1) is 0 Å². The molecule has 7 heteroatoms. The van der Waals surface area contributed by atoms with Crippen molar-refractivity contribution in [3.63, 3.8) is 0 Å². The van der Waals surface area contributed by atoms with Gasteiger partial charge in [0.1, 0.15) is 0 Å². The number of aromatic nitrogens is 2. The van der Waals surface area contributed by atoms with Gasteiger partial charge in [-0.1, -0.05) is 66.5 Å². The van der Waals surface area contributed by atoms with Gasteiger partial charge < -0.3 is 5.32 Å². The van der Waals surface area contributed by atoms with Crippen LogP contribution >= 0.6 is 23.4 Å². The summed E-state index contributed by atoms with van der Waals surface area (Å²) in [4.78, 5) is 30.7. The van der Waals surface area contributed by atoms with Crippen LogP contribution in [0.25, 0.3) is 10.9 Å². The van der Waals surface area contributed by atoms with E-state index in [9.17, 15) is 9.59 Å². The van der Waals surface area contributed by atoms with Gasteiger partial charge in [0, 0.05) is 17.6 Å². The molecule has 0 bridgehead atoms. The summed E-state index contributed by atoms with van der Waals surface area (Å²) in [6, 6.07) is 15.0. The molecule has 5 nitrogen and oxygen atoms in total. The second kappa shape index (κ2) is 9.23. The summed E-state index contributed by atoms with van der Waals surface area (Å²) in [5.41, 5.74) is 1.53. The Morgan fingerprint density at radius 3 is 2.67 bits per heavy atom. The predicted octanol–water partition coefficient (Wildman–Crippen LogP) is 4.96. The highest BCUT2D eigenvalue weighted by atomic mass is 35.5. The second-order valence-corrected chi connectivity index (χ2v) is 9.31. The van der Waals surface area contributed by atoms with Crippen LogP contribution < -0.4 is 10.9 Å². The van der Waals surface area contributed by atoms with Crippen LogP contribution in [0.4, 0.5) is 0 Å². The summed E-state index contributed by atoms with van der Waals surface area (Å²) >= 11 is 7.52. The van der Waals surface area contributed by atoms with Gasteiger partial charge in [-0.25, -0.2) is 4.98 Å². The zero-order valence-corrected chi connectivity index (χ0v) is 18.4. The molecular weight excluding hydrogens is 418 g/mol. The summed E-state index contributed by atoms with van der Waals surface area (Å²) < 4.78 is 1.82. The minimum atomic E-state index is -0.395. The van der Waals surface area contributed by atoms with E-state index in [4.69, 9.17) is 16.6 Å². The average molecular weight is 442 g/mol. The van der Waals surface area contributed by atoms with Gasteiger partial charge in [-0.2, -0.15) is 0 Å². The molecule has 2 aromatic carbocycles. The standard InChI is InChI=1S/C23H24ClN3O2S/c1-15(21(28)25-14-16-8-2-6-12-19(16)24)30-23-26-20-13-7-5-11-18(20)22(29)27(23)17-9-3-4-10-17/h2,5-8,11-13,15,17H,3-4,9-10,14H2,1H3,(H,25,28). The summed E-state index contributed by atoms with van der Waals surface area (Å²) in [6.45, 7) is 2.21. The number of nitrogens with one attached hydrogen (secondary N) is 1. The fraction of sp³-hybridized carbons (Fsp3) is 0.348. The fourth-order valence-corrected chi connectivity index (χ4v) is 5.08. The lowest BCUT2D eigenvalue weighted by molar-refractivity contribution is -0.120. The highest BCUT2D eigenvalue weighted by Crippen LogP contribution is 2.33. The monoisotopic (exact) mass is 441 g/mol. The Hall–Kier alpha value is -2.31. The smallest absolute Gasteiger partial charge is 0.262 e. The van der Waals surface area contributed by atoms with Crippen molar-refractivity contribution in [2.75, 3.05) is 0 Å². The largest absolute Gasteiger partial charge is 0.351 e. The molecule has 3 aromatic rings. The number of hydrogen-bond acceptors (Lipinski definition) is 4. The van der Waals surface area contributed by atoms with E-state index >= 15 is 0 Å². The summed E-state index contributed by atoms with van der Waals surface area (Å²) in [6.07, 6.45) is 4.17. The summed E-state index contributed by atoms with van der Waals surface area (Å²) in [7, 11) is 0. The molecule has 1 aliphatic rings. The van der Waals surface area contributed by atoms with Gasteiger partial charge >= 0.3 is 0 Å². The average Bonchev–Trinajstić information content (AvgIpc) is 3.27. The van der Waals surface area contributed by atoms with Crippen LogP contribution in [0.1, 0.15) is 44.2 Å². The zero-order chi connectivity index (χ0) is 21.1. The number of amides is 1. The maximum Gasteiger partial charge on any atom is 0.262 e. The van der Waals surface area contributed by atoms with E-state index in [-0.39, 0.29) is 17.5 Å². The Kier molecular flexibility index (Phi) is 6.44. The van der Waals surface area contributed by atoms with Crippen LogP contribution in [-0.4, -0.2) is 20.7 Å². The van der Waals surface area contributed by atoms with Crippen LogP contribution in [0.5, 0.6) is 0 Å². The van der Waals surface area contributed by atoms with Gasteiger partial charge in [0.15, 0.2) is 5.16 Å². The number of halogens is 1. The van der Waals surface area contributed by atoms with Crippen molar-refractivity contribution in [3.8, 4) is 0 Å². The Labute approximate surface area is 184 Å². The van der Waals surface area contributed by atoms with Crippen LogP contribution in [-0.2, 0) is 11.3 Å². The molecule has 0 radical (unpaired) electrons. The van der Waals surface area contributed by atoms with Crippen molar-refractivity contribution >= 4 is 40.2 Å². The first kappa shape index (κ1) is 20.9. The quantitative estimate of drug-likeness (QED) is 0.433. The molecule has 30 heavy (non-hydrogen) atoms. The van der Waals surface area contributed by atoms with E-state index < -0.39 is 5.25 Å². The first-order valence-electron chi connectivity index (χ1n) is 10.2. The van der Waals surface area contributed by atoms with Crippen molar-refractivity contribution in [2.45, 2.75) is 55.6 Å². The van der Waals surface area contributed by atoms with Gasteiger partial charge in [-0.3, -0.25) is 14.2 Å². The molecule has 156 valence electrons. The number of para-hydroxylation sites is 1. The van der Waals surface area contributed by atoms with Gasteiger partial charge in [0.2, 0.25) is 5.91 Å². The summed E-state index contributed by atoms with van der Waals surface area (Å²) in [5, 5.41) is 4.42. The summed E-state index contributed by atoms with van der Waals surface area (Å²) in [5.74, 6) is -0.111.